The molecule has 8 aromatic carbocycles. The van der Waals surface area contributed by atoms with Crippen LogP contribution in [0.15, 0.2) is 188 Å². The Balaban J connectivity index is 1.15. The third-order valence-electron chi connectivity index (χ3n) is 8.98. The number of hydrogen-bond acceptors (Lipinski definition) is 3. The molecule has 3 nitrogen and oxygen atoms in total. The lowest BCUT2D eigenvalue weighted by Gasteiger charge is -2.12. The first kappa shape index (κ1) is 24.4. The quantitative estimate of drug-likeness (QED) is 0.181. The molecule has 9 rings (SSSR count). The fourth-order valence-corrected chi connectivity index (χ4v) is 6.45. The SMILES string of the molecule is [2H]c1c([2H])c([2H])c(-c2ccc3cccc(-c4cccc(-c5nc(-c6ccccc6)nc(-c6ccc7cc(-c8ccccc8)ccc7c6)n5)c4)c3c2)c([2H])c1[2H]. The van der Waals surface area contributed by atoms with Gasteiger partial charge in [-0.3, -0.25) is 0 Å². The van der Waals surface area contributed by atoms with Crippen LogP contribution in [-0.2, 0) is 0 Å². The molecule has 0 radical (unpaired) electrons. The monoisotopic (exact) mass is 642 g/mol. The van der Waals surface area contributed by atoms with Crippen LogP contribution in [0, 0.1) is 0 Å². The number of hydrogen-bond donors (Lipinski definition) is 0. The lowest BCUT2D eigenvalue weighted by molar-refractivity contribution is 1.07. The van der Waals surface area contributed by atoms with Gasteiger partial charge in [0.15, 0.2) is 17.5 Å². The van der Waals surface area contributed by atoms with Crippen LogP contribution in [0.4, 0.5) is 0 Å². The third kappa shape index (κ3) is 5.72. The first-order chi connectivity index (χ1) is 26.8. The molecule has 0 spiro atoms. The molecule has 0 unspecified atom stereocenters. The van der Waals surface area contributed by atoms with Gasteiger partial charge >= 0.3 is 0 Å². The Bertz CT molecular complexity index is 2900. The van der Waals surface area contributed by atoms with Gasteiger partial charge in [0.05, 0.1) is 6.85 Å². The van der Waals surface area contributed by atoms with Crippen molar-refractivity contribution < 1.29 is 6.85 Å². The summed E-state index contributed by atoms with van der Waals surface area (Å²) in [6.07, 6.45) is 0. The molecule has 0 amide bonds. The minimum absolute atomic E-state index is 0.174. The van der Waals surface area contributed by atoms with E-state index in [0.717, 1.165) is 54.9 Å². The Morgan fingerprint density at radius 3 is 1.56 bits per heavy atom. The third-order valence-corrected chi connectivity index (χ3v) is 8.98. The Hall–Kier alpha value is -6.71. The average Bonchev–Trinajstić information content (AvgIpc) is 3.25. The van der Waals surface area contributed by atoms with Gasteiger partial charge in [-0.2, -0.15) is 0 Å². The minimum atomic E-state index is -0.410. The van der Waals surface area contributed by atoms with Crippen LogP contribution in [0.1, 0.15) is 6.85 Å². The van der Waals surface area contributed by atoms with E-state index < -0.39 is 6.04 Å². The van der Waals surface area contributed by atoms with Crippen molar-refractivity contribution in [1.82, 2.24) is 15.0 Å². The number of nitrogens with zero attached hydrogens (tertiary/aromatic N) is 3. The van der Waals surface area contributed by atoms with E-state index in [0.29, 0.717) is 23.0 Å². The van der Waals surface area contributed by atoms with E-state index in [1.807, 2.05) is 103 Å². The summed E-state index contributed by atoms with van der Waals surface area (Å²) in [5.41, 5.74) is 7.47. The summed E-state index contributed by atoms with van der Waals surface area (Å²) < 4.78 is 41.6. The van der Waals surface area contributed by atoms with Crippen molar-refractivity contribution in [2.24, 2.45) is 0 Å². The molecule has 0 aliphatic carbocycles. The van der Waals surface area contributed by atoms with Gasteiger partial charge in [0.2, 0.25) is 0 Å². The summed E-state index contributed by atoms with van der Waals surface area (Å²) in [5.74, 6) is 1.67. The Morgan fingerprint density at radius 2 is 0.840 bits per heavy atom. The van der Waals surface area contributed by atoms with E-state index >= 15 is 0 Å². The summed E-state index contributed by atoms with van der Waals surface area (Å²) in [6.45, 7) is 0. The summed E-state index contributed by atoms with van der Waals surface area (Å²) >= 11 is 0. The number of benzene rings is 8. The highest BCUT2D eigenvalue weighted by Gasteiger charge is 2.14. The molecule has 0 bridgehead atoms. The van der Waals surface area contributed by atoms with Crippen LogP contribution in [0.2, 0.25) is 0 Å². The smallest absolute Gasteiger partial charge is 0.164 e. The second-order valence-corrected chi connectivity index (χ2v) is 12.1. The second kappa shape index (κ2) is 12.7. The van der Waals surface area contributed by atoms with Crippen molar-refractivity contribution >= 4 is 21.5 Å². The van der Waals surface area contributed by atoms with Crippen molar-refractivity contribution in [3.63, 3.8) is 0 Å². The van der Waals surface area contributed by atoms with E-state index in [9.17, 15) is 0 Å². The molecule has 0 aliphatic heterocycles. The van der Waals surface area contributed by atoms with Crippen molar-refractivity contribution in [2.45, 2.75) is 0 Å². The van der Waals surface area contributed by atoms with Gasteiger partial charge in [-0.05, 0) is 79.2 Å². The van der Waals surface area contributed by atoms with Gasteiger partial charge in [-0.15, -0.1) is 0 Å². The van der Waals surface area contributed by atoms with Crippen LogP contribution in [0.25, 0.3) is 89.1 Å². The van der Waals surface area contributed by atoms with Gasteiger partial charge in [-0.25, -0.2) is 15.0 Å². The van der Waals surface area contributed by atoms with Crippen molar-refractivity contribution in [2.75, 3.05) is 0 Å². The zero-order valence-electron chi connectivity index (χ0n) is 31.9. The molecule has 234 valence electrons. The maximum absolute atomic E-state index is 8.57. The molecule has 0 saturated carbocycles. The fourth-order valence-electron chi connectivity index (χ4n) is 6.45. The molecule has 0 saturated heterocycles. The summed E-state index contributed by atoms with van der Waals surface area (Å²) in [7, 11) is 0. The number of fused-ring (bicyclic) bond motifs is 2. The Labute approximate surface area is 298 Å². The normalized spacial score (nSPS) is 12.6. The maximum Gasteiger partial charge on any atom is 0.164 e. The van der Waals surface area contributed by atoms with Gasteiger partial charge < -0.3 is 0 Å². The highest BCUT2D eigenvalue weighted by atomic mass is 15.0. The predicted molar refractivity (Wildman–Crippen MR) is 207 cm³/mol. The first-order valence-corrected chi connectivity index (χ1v) is 16.4. The summed E-state index contributed by atoms with van der Waals surface area (Å²) in [4.78, 5) is 15.0. The van der Waals surface area contributed by atoms with Crippen molar-refractivity contribution in [1.29, 1.82) is 0 Å². The predicted octanol–water partition coefficient (Wildman–Crippen LogP) is 12.2. The van der Waals surface area contributed by atoms with E-state index in [1.165, 1.54) is 5.56 Å². The van der Waals surface area contributed by atoms with E-state index in [4.69, 9.17) is 21.8 Å². The molecule has 0 fully saturated rings. The zero-order valence-corrected chi connectivity index (χ0v) is 26.9. The standard InChI is InChI=1S/C47H31N3/c1-4-12-32(13-5-1)36-24-25-38-29-42(27-26-37(38)28-36)47-49-45(35-16-8-3-9-17-35)48-46(50-47)41-20-10-19-40(30-41)43-21-11-18-34-22-23-39(31-44(34)43)33-14-6-2-7-15-33/h1-31H/i2D,6D,7D,14D,15D. The van der Waals surface area contributed by atoms with Gasteiger partial charge in [0.25, 0.3) is 0 Å². The van der Waals surface area contributed by atoms with Crippen LogP contribution in [0.3, 0.4) is 0 Å². The van der Waals surface area contributed by atoms with Crippen molar-refractivity contribution in [3.8, 4) is 67.5 Å². The molecular formula is C47H31N3. The molecule has 3 heteroatoms. The zero-order chi connectivity index (χ0) is 37.6. The van der Waals surface area contributed by atoms with E-state index in [-0.39, 0.29) is 29.7 Å². The maximum atomic E-state index is 8.57. The molecular weight excluding hydrogens is 607 g/mol. The molecule has 0 atom stereocenters. The Kier molecular flexibility index (Phi) is 6.22. The topological polar surface area (TPSA) is 38.7 Å². The minimum Gasteiger partial charge on any atom is -0.208 e. The van der Waals surface area contributed by atoms with E-state index in [1.54, 1.807) is 0 Å². The lowest BCUT2D eigenvalue weighted by atomic mass is 9.94. The van der Waals surface area contributed by atoms with Crippen LogP contribution >= 0.6 is 0 Å². The lowest BCUT2D eigenvalue weighted by Crippen LogP contribution is -2.00. The average molecular weight is 643 g/mol. The highest BCUT2D eigenvalue weighted by molar-refractivity contribution is 5.99. The van der Waals surface area contributed by atoms with Crippen LogP contribution in [0.5, 0.6) is 0 Å². The summed E-state index contributed by atoms with van der Waals surface area (Å²) in [6, 6.07) is 51.2. The molecule has 50 heavy (non-hydrogen) atoms. The molecule has 9 aromatic rings. The highest BCUT2D eigenvalue weighted by Crippen LogP contribution is 2.35. The molecule has 1 heterocycles. The molecule has 1 aromatic heterocycles. The number of rotatable bonds is 6. The van der Waals surface area contributed by atoms with Gasteiger partial charge in [-0.1, -0.05) is 164 Å². The second-order valence-electron chi connectivity index (χ2n) is 12.1. The van der Waals surface area contributed by atoms with Crippen LogP contribution < -0.4 is 0 Å². The van der Waals surface area contributed by atoms with Gasteiger partial charge in [0, 0.05) is 16.7 Å². The Morgan fingerprint density at radius 1 is 0.320 bits per heavy atom. The van der Waals surface area contributed by atoms with Crippen LogP contribution in [-0.4, -0.2) is 15.0 Å². The number of aromatic nitrogens is 3. The largest absolute Gasteiger partial charge is 0.208 e. The molecule has 0 aliphatic rings. The van der Waals surface area contributed by atoms with Gasteiger partial charge in [0.1, 0.15) is 0 Å². The summed E-state index contributed by atoms with van der Waals surface area (Å²) in [5, 5.41) is 4.05. The van der Waals surface area contributed by atoms with E-state index in [2.05, 4.69) is 54.6 Å². The first-order valence-electron chi connectivity index (χ1n) is 18.9. The van der Waals surface area contributed by atoms with Crippen molar-refractivity contribution in [3.05, 3.63) is 188 Å². The molecule has 0 N–H and O–H groups in total. The fraction of sp³-hybridized carbons (Fsp3) is 0.